The molecule has 21 heavy (non-hydrogen) atoms. The number of pyridine rings is 1. The number of halogens is 3. The van der Waals surface area contributed by atoms with Crippen LogP contribution in [0.25, 0.3) is 0 Å². The summed E-state index contributed by atoms with van der Waals surface area (Å²) in [6, 6.07) is 5.70. The van der Waals surface area contributed by atoms with Crippen LogP contribution in [0.2, 0.25) is 5.15 Å². The van der Waals surface area contributed by atoms with E-state index in [1.54, 1.807) is 0 Å². The zero-order chi connectivity index (χ0) is 15.6. The Bertz CT molecular complexity index is 740. The Labute approximate surface area is 140 Å². The van der Waals surface area contributed by atoms with Gasteiger partial charge in [-0.15, -0.1) is 0 Å². The summed E-state index contributed by atoms with van der Waals surface area (Å²) >= 11 is 12.1. The van der Waals surface area contributed by atoms with Gasteiger partial charge in [0.05, 0.1) is 15.0 Å². The zero-order valence-corrected chi connectivity index (χ0v) is 14.1. The monoisotopic (exact) mass is 433 g/mol. The number of amides is 1. The highest BCUT2D eigenvalue weighted by atomic mass is 79.9. The molecule has 0 radical (unpaired) electrons. The van der Waals surface area contributed by atoms with Crippen molar-refractivity contribution in [2.24, 2.45) is 0 Å². The normalized spacial score (nSPS) is 10.2. The van der Waals surface area contributed by atoms with Gasteiger partial charge in [-0.2, -0.15) is 0 Å². The highest BCUT2D eigenvalue weighted by Crippen LogP contribution is 2.28. The van der Waals surface area contributed by atoms with Crippen molar-refractivity contribution in [1.29, 1.82) is 0 Å². The topological polar surface area (TPSA) is 85.1 Å². The predicted molar refractivity (Wildman–Crippen MR) is 85.7 cm³/mol. The highest BCUT2D eigenvalue weighted by molar-refractivity contribution is 9.10. The Hall–Kier alpha value is -1.51. The summed E-state index contributed by atoms with van der Waals surface area (Å²) in [5.74, 6) is -0.463. The fourth-order valence-electron chi connectivity index (χ4n) is 1.51. The van der Waals surface area contributed by atoms with E-state index >= 15 is 0 Å². The van der Waals surface area contributed by atoms with Crippen LogP contribution in [-0.2, 0) is 0 Å². The Morgan fingerprint density at radius 3 is 2.67 bits per heavy atom. The number of aromatic nitrogens is 1. The van der Waals surface area contributed by atoms with Gasteiger partial charge in [0.25, 0.3) is 11.6 Å². The molecule has 0 unspecified atom stereocenters. The first kappa shape index (κ1) is 15.9. The summed E-state index contributed by atoms with van der Waals surface area (Å²) in [5, 5.41) is 13.4. The van der Waals surface area contributed by atoms with Crippen LogP contribution in [0.3, 0.4) is 0 Å². The number of nitrogens with one attached hydrogen (secondary N) is 1. The summed E-state index contributed by atoms with van der Waals surface area (Å²) in [5.41, 5.74) is 0.504. The number of nitrogens with zero attached hydrogens (tertiary/aromatic N) is 2. The zero-order valence-electron chi connectivity index (χ0n) is 10.1. The van der Waals surface area contributed by atoms with E-state index in [4.69, 9.17) is 11.6 Å². The maximum absolute atomic E-state index is 12.1. The number of anilines is 1. The smallest absolute Gasteiger partial charge is 0.283 e. The van der Waals surface area contributed by atoms with Crippen molar-refractivity contribution >= 4 is 60.7 Å². The molecule has 2 rings (SSSR count). The first-order chi connectivity index (χ1) is 9.88. The summed E-state index contributed by atoms with van der Waals surface area (Å²) < 4.78 is 0.880. The first-order valence-electron chi connectivity index (χ1n) is 5.45. The van der Waals surface area contributed by atoms with Crippen LogP contribution in [0.1, 0.15) is 10.4 Å². The maximum atomic E-state index is 12.1. The minimum Gasteiger partial charge on any atom is -0.322 e. The standard InChI is InChI=1S/C12H6Br2ClN3O3/c13-6-3-8(11(15)16-5-6)12(19)17-7-1-2-10(18(20)21)9(14)4-7/h1-5H,(H,17,19). The number of rotatable bonds is 3. The Morgan fingerprint density at radius 2 is 2.05 bits per heavy atom. The average molecular weight is 435 g/mol. The van der Waals surface area contributed by atoms with Crippen molar-refractivity contribution in [2.75, 3.05) is 5.32 Å². The molecule has 2 aromatic rings. The van der Waals surface area contributed by atoms with Gasteiger partial charge in [-0.25, -0.2) is 4.98 Å². The van der Waals surface area contributed by atoms with E-state index in [2.05, 4.69) is 42.2 Å². The van der Waals surface area contributed by atoms with Crippen molar-refractivity contribution in [3.05, 3.63) is 60.2 Å². The Morgan fingerprint density at radius 1 is 1.33 bits per heavy atom. The molecule has 0 aliphatic heterocycles. The number of hydrogen-bond donors (Lipinski definition) is 1. The molecule has 1 aromatic carbocycles. The molecule has 1 heterocycles. The van der Waals surface area contributed by atoms with Gasteiger partial charge in [0.1, 0.15) is 5.15 Å². The molecule has 0 fully saturated rings. The van der Waals surface area contributed by atoms with Gasteiger partial charge in [-0.3, -0.25) is 14.9 Å². The molecule has 0 aliphatic rings. The minimum absolute atomic E-state index is 0.0664. The largest absolute Gasteiger partial charge is 0.322 e. The summed E-state index contributed by atoms with van der Waals surface area (Å²) in [4.78, 5) is 26.2. The van der Waals surface area contributed by atoms with Crippen molar-refractivity contribution in [3.8, 4) is 0 Å². The van der Waals surface area contributed by atoms with Crippen molar-refractivity contribution in [1.82, 2.24) is 4.98 Å². The number of carbonyl (C=O) groups is 1. The Balaban J connectivity index is 2.26. The van der Waals surface area contributed by atoms with Crippen LogP contribution in [0.5, 0.6) is 0 Å². The molecule has 1 aromatic heterocycles. The quantitative estimate of drug-likeness (QED) is 0.439. The van der Waals surface area contributed by atoms with Crippen LogP contribution in [0, 0.1) is 10.1 Å². The molecule has 6 nitrogen and oxygen atoms in total. The van der Waals surface area contributed by atoms with Crippen LogP contribution in [-0.4, -0.2) is 15.8 Å². The molecule has 0 saturated heterocycles. The van der Waals surface area contributed by atoms with Gasteiger partial charge < -0.3 is 5.32 Å². The SMILES string of the molecule is O=C(Nc1ccc([N+](=O)[O-])c(Br)c1)c1cc(Br)cnc1Cl. The lowest BCUT2D eigenvalue weighted by Gasteiger charge is -2.07. The third kappa shape index (κ3) is 3.78. The summed E-state index contributed by atoms with van der Waals surface area (Å²) in [6.07, 6.45) is 1.47. The van der Waals surface area contributed by atoms with Gasteiger partial charge >= 0.3 is 0 Å². The number of hydrogen-bond acceptors (Lipinski definition) is 4. The van der Waals surface area contributed by atoms with Gasteiger partial charge in [0.2, 0.25) is 0 Å². The third-order valence-electron chi connectivity index (χ3n) is 2.45. The van der Waals surface area contributed by atoms with Crippen molar-refractivity contribution in [2.45, 2.75) is 0 Å². The lowest BCUT2D eigenvalue weighted by Crippen LogP contribution is -2.13. The van der Waals surface area contributed by atoms with Crippen LogP contribution >= 0.6 is 43.5 Å². The number of benzene rings is 1. The molecule has 0 bridgehead atoms. The summed E-state index contributed by atoms with van der Waals surface area (Å²) in [7, 11) is 0. The van der Waals surface area contributed by atoms with E-state index in [0.717, 1.165) is 0 Å². The van der Waals surface area contributed by atoms with E-state index in [9.17, 15) is 14.9 Å². The summed E-state index contributed by atoms with van der Waals surface area (Å²) in [6.45, 7) is 0. The molecule has 0 saturated carbocycles. The van der Waals surface area contributed by atoms with E-state index in [0.29, 0.717) is 10.2 Å². The molecule has 108 valence electrons. The first-order valence-corrected chi connectivity index (χ1v) is 7.41. The molecule has 9 heteroatoms. The van der Waals surface area contributed by atoms with E-state index < -0.39 is 10.8 Å². The lowest BCUT2D eigenvalue weighted by atomic mass is 10.2. The number of carbonyl (C=O) groups excluding carboxylic acids is 1. The molecular formula is C12H6Br2ClN3O3. The highest BCUT2D eigenvalue weighted by Gasteiger charge is 2.15. The van der Waals surface area contributed by atoms with Gasteiger partial charge in [0.15, 0.2) is 0 Å². The predicted octanol–water partition coefficient (Wildman–Crippen LogP) is 4.42. The van der Waals surface area contributed by atoms with Crippen molar-refractivity contribution in [3.63, 3.8) is 0 Å². The second kappa shape index (κ2) is 6.50. The number of nitro groups is 1. The number of nitro benzene ring substituents is 1. The molecule has 1 amide bonds. The van der Waals surface area contributed by atoms with Gasteiger partial charge in [-0.05, 0) is 50.1 Å². The molecule has 0 atom stereocenters. The fourth-order valence-corrected chi connectivity index (χ4v) is 2.56. The van der Waals surface area contributed by atoms with Crippen LogP contribution in [0.4, 0.5) is 11.4 Å². The van der Waals surface area contributed by atoms with Gasteiger partial charge in [0, 0.05) is 22.4 Å². The van der Waals surface area contributed by atoms with E-state index in [1.165, 1.54) is 30.5 Å². The average Bonchev–Trinajstić information content (AvgIpc) is 2.41. The fraction of sp³-hybridized carbons (Fsp3) is 0. The third-order valence-corrected chi connectivity index (χ3v) is 3.82. The van der Waals surface area contributed by atoms with Crippen LogP contribution < -0.4 is 5.32 Å². The van der Waals surface area contributed by atoms with E-state index in [-0.39, 0.29) is 20.9 Å². The molecule has 1 N–H and O–H groups in total. The second-order valence-electron chi connectivity index (χ2n) is 3.87. The molecular weight excluding hydrogens is 429 g/mol. The molecule has 0 aliphatic carbocycles. The Kier molecular flexibility index (Phi) is 4.92. The van der Waals surface area contributed by atoms with Crippen molar-refractivity contribution < 1.29 is 9.72 Å². The maximum Gasteiger partial charge on any atom is 0.283 e. The van der Waals surface area contributed by atoms with Gasteiger partial charge in [-0.1, -0.05) is 11.6 Å². The van der Waals surface area contributed by atoms with Crippen LogP contribution in [0.15, 0.2) is 39.4 Å². The lowest BCUT2D eigenvalue weighted by molar-refractivity contribution is -0.385. The second-order valence-corrected chi connectivity index (χ2v) is 6.00. The minimum atomic E-state index is -0.523. The van der Waals surface area contributed by atoms with E-state index in [1.807, 2.05) is 0 Å². The molecule has 0 spiro atoms.